The number of hydrogen-bond acceptors (Lipinski definition) is 4. The summed E-state index contributed by atoms with van der Waals surface area (Å²) in [6.45, 7) is 11.6. The average Bonchev–Trinajstić information content (AvgIpc) is 2.47. The SMILES string of the molecule is CCC(NCCN(CC)C(=O)OC(C)(C)C)c1ccc(O)cc1. The van der Waals surface area contributed by atoms with Crippen LogP contribution in [-0.2, 0) is 4.74 Å². The van der Waals surface area contributed by atoms with Crippen LogP contribution in [-0.4, -0.2) is 41.3 Å². The summed E-state index contributed by atoms with van der Waals surface area (Å²) in [5.41, 5.74) is 0.654. The number of benzene rings is 1. The van der Waals surface area contributed by atoms with Crippen LogP contribution in [0.15, 0.2) is 24.3 Å². The lowest BCUT2D eigenvalue weighted by Gasteiger charge is -2.27. The molecular formula is C18H30N2O3. The van der Waals surface area contributed by atoms with Gasteiger partial charge in [-0.1, -0.05) is 19.1 Å². The summed E-state index contributed by atoms with van der Waals surface area (Å²) in [5.74, 6) is 0.269. The molecule has 0 fully saturated rings. The normalized spacial score (nSPS) is 12.7. The molecule has 0 spiro atoms. The first-order chi connectivity index (χ1) is 10.8. The molecule has 0 aliphatic heterocycles. The van der Waals surface area contributed by atoms with Crippen molar-refractivity contribution >= 4 is 6.09 Å². The standard InChI is InChI=1S/C18H30N2O3/c1-6-16(14-8-10-15(21)11-9-14)19-12-13-20(7-2)17(22)23-18(3,4)5/h8-11,16,19,21H,6-7,12-13H2,1-5H3. The van der Waals surface area contributed by atoms with Crippen molar-refractivity contribution in [3.8, 4) is 5.75 Å². The van der Waals surface area contributed by atoms with Crippen molar-refractivity contribution < 1.29 is 14.6 Å². The molecule has 1 atom stereocenters. The van der Waals surface area contributed by atoms with E-state index in [0.29, 0.717) is 19.6 Å². The van der Waals surface area contributed by atoms with Crippen molar-refractivity contribution in [1.82, 2.24) is 10.2 Å². The predicted octanol–water partition coefficient (Wildman–Crippen LogP) is 3.69. The first-order valence-corrected chi connectivity index (χ1v) is 8.27. The van der Waals surface area contributed by atoms with E-state index in [-0.39, 0.29) is 17.9 Å². The number of ether oxygens (including phenoxy) is 1. The first-order valence-electron chi connectivity index (χ1n) is 8.27. The second-order valence-electron chi connectivity index (χ2n) is 6.57. The highest BCUT2D eigenvalue weighted by Crippen LogP contribution is 2.19. The van der Waals surface area contributed by atoms with Crippen LogP contribution in [0.1, 0.15) is 52.6 Å². The summed E-state index contributed by atoms with van der Waals surface area (Å²) >= 11 is 0. The van der Waals surface area contributed by atoms with E-state index >= 15 is 0 Å². The van der Waals surface area contributed by atoms with Gasteiger partial charge in [0.2, 0.25) is 0 Å². The first kappa shape index (κ1) is 19.3. The number of carbonyl (C=O) groups excluding carboxylic acids is 1. The van der Waals surface area contributed by atoms with E-state index in [4.69, 9.17) is 4.74 Å². The maximum atomic E-state index is 12.1. The molecule has 1 aromatic carbocycles. The number of phenolic OH excluding ortho intramolecular Hbond substituents is 1. The minimum Gasteiger partial charge on any atom is -0.508 e. The molecule has 1 rings (SSSR count). The van der Waals surface area contributed by atoms with Crippen molar-refractivity contribution in [1.29, 1.82) is 0 Å². The van der Waals surface area contributed by atoms with Crippen LogP contribution in [0, 0.1) is 0 Å². The lowest BCUT2D eigenvalue weighted by Crippen LogP contribution is -2.40. The van der Waals surface area contributed by atoms with Gasteiger partial charge >= 0.3 is 6.09 Å². The molecule has 23 heavy (non-hydrogen) atoms. The zero-order valence-corrected chi connectivity index (χ0v) is 14.9. The molecule has 0 aromatic heterocycles. The van der Waals surface area contributed by atoms with E-state index in [1.165, 1.54) is 0 Å². The third-order valence-electron chi connectivity index (χ3n) is 3.51. The zero-order valence-electron chi connectivity index (χ0n) is 14.9. The molecule has 0 aliphatic carbocycles. The van der Waals surface area contributed by atoms with Gasteiger partial charge in [0.15, 0.2) is 0 Å². The highest BCUT2D eigenvalue weighted by molar-refractivity contribution is 5.68. The lowest BCUT2D eigenvalue weighted by molar-refractivity contribution is 0.0261. The van der Waals surface area contributed by atoms with Gasteiger partial charge in [-0.2, -0.15) is 0 Å². The van der Waals surface area contributed by atoms with E-state index in [0.717, 1.165) is 12.0 Å². The van der Waals surface area contributed by atoms with E-state index in [2.05, 4.69) is 12.2 Å². The van der Waals surface area contributed by atoms with Gasteiger partial charge in [-0.05, 0) is 51.8 Å². The molecule has 0 bridgehead atoms. The topological polar surface area (TPSA) is 61.8 Å². The summed E-state index contributed by atoms with van der Waals surface area (Å²) in [7, 11) is 0. The number of hydrogen-bond donors (Lipinski definition) is 2. The maximum Gasteiger partial charge on any atom is 0.410 e. The van der Waals surface area contributed by atoms with Crippen LogP contribution in [0.25, 0.3) is 0 Å². The Labute approximate surface area is 139 Å². The molecule has 5 nitrogen and oxygen atoms in total. The molecule has 5 heteroatoms. The van der Waals surface area contributed by atoms with Gasteiger partial charge in [0.05, 0.1) is 0 Å². The minimum atomic E-state index is -0.476. The summed E-state index contributed by atoms with van der Waals surface area (Å²) in [6, 6.07) is 7.43. The van der Waals surface area contributed by atoms with Crippen molar-refractivity contribution in [3.05, 3.63) is 29.8 Å². The van der Waals surface area contributed by atoms with Gasteiger partial charge in [-0.15, -0.1) is 0 Å². The molecule has 0 radical (unpaired) electrons. The van der Waals surface area contributed by atoms with Crippen molar-refractivity contribution in [3.63, 3.8) is 0 Å². The van der Waals surface area contributed by atoms with Crippen LogP contribution in [0.2, 0.25) is 0 Å². The number of aromatic hydroxyl groups is 1. The second kappa shape index (κ2) is 8.77. The van der Waals surface area contributed by atoms with Crippen molar-refractivity contribution in [2.24, 2.45) is 0 Å². The Morgan fingerprint density at radius 1 is 1.26 bits per heavy atom. The zero-order chi connectivity index (χ0) is 17.5. The van der Waals surface area contributed by atoms with Crippen LogP contribution in [0.3, 0.4) is 0 Å². The summed E-state index contributed by atoms with van der Waals surface area (Å²) < 4.78 is 5.40. The number of rotatable bonds is 7. The Morgan fingerprint density at radius 2 is 1.87 bits per heavy atom. The highest BCUT2D eigenvalue weighted by atomic mass is 16.6. The van der Waals surface area contributed by atoms with Gasteiger partial charge in [0, 0.05) is 25.7 Å². The molecule has 0 saturated heterocycles. The van der Waals surface area contributed by atoms with Crippen LogP contribution in [0.4, 0.5) is 4.79 Å². The number of carbonyl (C=O) groups is 1. The van der Waals surface area contributed by atoms with Gasteiger partial charge in [0.25, 0.3) is 0 Å². The molecule has 2 N–H and O–H groups in total. The van der Waals surface area contributed by atoms with Crippen LogP contribution in [0.5, 0.6) is 5.75 Å². The third kappa shape index (κ3) is 6.91. The summed E-state index contributed by atoms with van der Waals surface area (Å²) in [5, 5.41) is 12.8. The molecule has 1 unspecified atom stereocenters. The molecule has 1 amide bonds. The molecule has 0 saturated carbocycles. The van der Waals surface area contributed by atoms with E-state index in [1.54, 1.807) is 17.0 Å². The fourth-order valence-electron chi connectivity index (χ4n) is 2.28. The van der Waals surface area contributed by atoms with Crippen LogP contribution >= 0.6 is 0 Å². The predicted molar refractivity (Wildman–Crippen MR) is 92.6 cm³/mol. The fraction of sp³-hybridized carbons (Fsp3) is 0.611. The Bertz CT molecular complexity index is 480. The monoisotopic (exact) mass is 322 g/mol. The maximum absolute atomic E-state index is 12.1. The number of phenols is 1. The number of likely N-dealkylation sites (N-methyl/N-ethyl adjacent to an activating group) is 1. The lowest BCUT2D eigenvalue weighted by atomic mass is 10.0. The number of nitrogens with zero attached hydrogens (tertiary/aromatic N) is 1. The van der Waals surface area contributed by atoms with Crippen molar-refractivity contribution in [2.75, 3.05) is 19.6 Å². The van der Waals surface area contributed by atoms with Gasteiger partial charge in [-0.25, -0.2) is 4.79 Å². The van der Waals surface area contributed by atoms with Gasteiger partial charge in [-0.3, -0.25) is 0 Å². The highest BCUT2D eigenvalue weighted by Gasteiger charge is 2.21. The molecule has 130 valence electrons. The molecule has 0 aliphatic rings. The Morgan fingerprint density at radius 3 is 2.35 bits per heavy atom. The molecule has 1 aromatic rings. The smallest absolute Gasteiger partial charge is 0.410 e. The quantitative estimate of drug-likeness (QED) is 0.803. The Balaban J connectivity index is 2.51. The van der Waals surface area contributed by atoms with Gasteiger partial charge < -0.3 is 20.1 Å². The van der Waals surface area contributed by atoms with E-state index in [1.807, 2.05) is 39.8 Å². The minimum absolute atomic E-state index is 0.202. The Kier molecular flexibility index (Phi) is 7.36. The van der Waals surface area contributed by atoms with E-state index < -0.39 is 5.60 Å². The average molecular weight is 322 g/mol. The molecular weight excluding hydrogens is 292 g/mol. The number of amides is 1. The summed E-state index contributed by atoms with van der Waals surface area (Å²) in [4.78, 5) is 13.8. The number of nitrogens with one attached hydrogen (secondary N) is 1. The fourth-order valence-corrected chi connectivity index (χ4v) is 2.28. The largest absolute Gasteiger partial charge is 0.508 e. The Hall–Kier alpha value is -1.75. The molecule has 0 heterocycles. The van der Waals surface area contributed by atoms with E-state index in [9.17, 15) is 9.90 Å². The summed E-state index contributed by atoms with van der Waals surface area (Å²) in [6.07, 6.45) is 0.656. The van der Waals surface area contributed by atoms with Crippen molar-refractivity contribution in [2.45, 2.75) is 52.7 Å². The second-order valence-corrected chi connectivity index (χ2v) is 6.57. The third-order valence-corrected chi connectivity index (χ3v) is 3.51. The van der Waals surface area contributed by atoms with Crippen LogP contribution < -0.4 is 5.32 Å². The van der Waals surface area contributed by atoms with Gasteiger partial charge in [0.1, 0.15) is 11.4 Å².